The highest BCUT2D eigenvalue weighted by molar-refractivity contribution is 6.46. The third kappa shape index (κ3) is 4.45. The molecule has 0 aromatic heterocycles. The number of carbonyl (C=O) groups excluding carboxylic acids is 3. The van der Waals surface area contributed by atoms with Crippen molar-refractivity contribution in [3.8, 4) is 0 Å². The van der Waals surface area contributed by atoms with Crippen LogP contribution in [0.3, 0.4) is 0 Å². The number of aliphatic hydroxyl groups excluding tert-OH is 1. The summed E-state index contributed by atoms with van der Waals surface area (Å²) in [6.07, 6.45) is 0.501. The number of methoxy groups -OCH3 is 1. The monoisotopic (exact) mass is 459 g/mol. The van der Waals surface area contributed by atoms with Gasteiger partial charge >= 0.3 is 5.97 Å². The van der Waals surface area contributed by atoms with Gasteiger partial charge < -0.3 is 14.7 Å². The molecule has 0 saturated carbocycles. The summed E-state index contributed by atoms with van der Waals surface area (Å²) in [6, 6.07) is 20.0. The molecule has 7 heteroatoms. The summed E-state index contributed by atoms with van der Waals surface area (Å²) in [5.74, 6) is -2.95. The van der Waals surface area contributed by atoms with Gasteiger partial charge in [-0.25, -0.2) is 9.18 Å². The summed E-state index contributed by atoms with van der Waals surface area (Å²) < 4.78 is 18.1. The second kappa shape index (κ2) is 9.70. The van der Waals surface area contributed by atoms with E-state index in [9.17, 15) is 23.9 Å². The van der Waals surface area contributed by atoms with E-state index in [1.807, 2.05) is 30.3 Å². The smallest absolute Gasteiger partial charge is 0.337 e. The van der Waals surface area contributed by atoms with Crippen molar-refractivity contribution in [1.29, 1.82) is 0 Å². The van der Waals surface area contributed by atoms with Gasteiger partial charge in [0.1, 0.15) is 11.6 Å². The average molecular weight is 459 g/mol. The molecule has 0 aliphatic carbocycles. The molecule has 6 nitrogen and oxygen atoms in total. The third-order valence-corrected chi connectivity index (χ3v) is 5.79. The van der Waals surface area contributed by atoms with Crippen LogP contribution in [-0.4, -0.2) is 41.3 Å². The zero-order valence-corrected chi connectivity index (χ0v) is 18.4. The van der Waals surface area contributed by atoms with Crippen molar-refractivity contribution >= 4 is 23.4 Å². The molecular formula is C27H22FNO5. The number of halogens is 1. The van der Waals surface area contributed by atoms with Crippen molar-refractivity contribution < 1.29 is 28.6 Å². The molecule has 1 heterocycles. The summed E-state index contributed by atoms with van der Waals surface area (Å²) in [4.78, 5) is 39.3. The van der Waals surface area contributed by atoms with E-state index in [0.29, 0.717) is 17.5 Å². The number of carbonyl (C=O) groups is 3. The molecule has 1 aliphatic rings. The molecule has 1 aliphatic heterocycles. The van der Waals surface area contributed by atoms with Gasteiger partial charge in [0, 0.05) is 12.1 Å². The van der Waals surface area contributed by atoms with E-state index in [0.717, 1.165) is 5.56 Å². The zero-order chi connectivity index (χ0) is 24.2. The number of ketones is 1. The Morgan fingerprint density at radius 3 is 2.18 bits per heavy atom. The molecule has 1 amide bonds. The number of aliphatic hydroxyl groups is 1. The second-order valence-electron chi connectivity index (χ2n) is 7.85. The van der Waals surface area contributed by atoms with Crippen LogP contribution in [0.2, 0.25) is 0 Å². The van der Waals surface area contributed by atoms with E-state index in [1.54, 1.807) is 12.1 Å². The largest absolute Gasteiger partial charge is 0.507 e. The lowest BCUT2D eigenvalue weighted by Crippen LogP contribution is -2.31. The number of rotatable bonds is 6. The first kappa shape index (κ1) is 22.9. The Hall–Kier alpha value is -4.26. The number of hydrogen-bond donors (Lipinski definition) is 1. The number of benzene rings is 3. The van der Waals surface area contributed by atoms with Gasteiger partial charge in [0.25, 0.3) is 11.7 Å². The van der Waals surface area contributed by atoms with Crippen LogP contribution >= 0.6 is 0 Å². The quantitative estimate of drug-likeness (QED) is 0.258. The van der Waals surface area contributed by atoms with Crippen LogP contribution in [0.4, 0.5) is 4.39 Å². The standard InChI is InChI=1S/C27H22FNO5/c1-34-27(33)20-9-7-18(8-10-20)23-22(24(30)19-11-13-21(28)14-12-19)25(31)26(32)29(23)16-15-17-5-3-2-4-6-17/h2-14,23,30H,15-16H2,1H3. The second-order valence-corrected chi connectivity index (χ2v) is 7.85. The molecule has 3 aromatic rings. The first-order valence-electron chi connectivity index (χ1n) is 10.7. The lowest BCUT2D eigenvalue weighted by Gasteiger charge is -2.25. The molecule has 1 unspecified atom stereocenters. The minimum Gasteiger partial charge on any atom is -0.507 e. The molecule has 0 spiro atoms. The molecule has 1 fully saturated rings. The molecule has 1 saturated heterocycles. The van der Waals surface area contributed by atoms with Gasteiger partial charge in [-0.1, -0.05) is 42.5 Å². The van der Waals surface area contributed by atoms with Crippen molar-refractivity contribution in [3.63, 3.8) is 0 Å². The zero-order valence-electron chi connectivity index (χ0n) is 18.4. The maximum atomic E-state index is 13.4. The van der Waals surface area contributed by atoms with E-state index >= 15 is 0 Å². The first-order chi connectivity index (χ1) is 16.4. The van der Waals surface area contributed by atoms with Crippen molar-refractivity contribution in [2.75, 3.05) is 13.7 Å². The van der Waals surface area contributed by atoms with Gasteiger partial charge in [-0.3, -0.25) is 9.59 Å². The maximum Gasteiger partial charge on any atom is 0.337 e. The predicted molar refractivity (Wildman–Crippen MR) is 123 cm³/mol. The number of ether oxygens (including phenoxy) is 1. The first-order valence-corrected chi connectivity index (χ1v) is 10.7. The Morgan fingerprint density at radius 1 is 0.941 bits per heavy atom. The van der Waals surface area contributed by atoms with Crippen LogP contribution in [0, 0.1) is 5.82 Å². The molecule has 1 N–H and O–H groups in total. The van der Waals surface area contributed by atoms with Crippen molar-refractivity contribution in [2.45, 2.75) is 12.5 Å². The molecule has 3 aromatic carbocycles. The van der Waals surface area contributed by atoms with E-state index in [4.69, 9.17) is 4.74 Å². The minimum absolute atomic E-state index is 0.0875. The normalized spacial score (nSPS) is 17.1. The van der Waals surface area contributed by atoms with Crippen LogP contribution in [0.15, 0.2) is 84.4 Å². The molecule has 34 heavy (non-hydrogen) atoms. The Kier molecular flexibility index (Phi) is 6.54. The number of Topliss-reactive ketones (excluding diaryl/α,β-unsaturated/α-hetero) is 1. The summed E-state index contributed by atoms with van der Waals surface area (Å²) in [7, 11) is 1.28. The minimum atomic E-state index is -0.875. The van der Waals surface area contributed by atoms with Crippen LogP contribution in [0.1, 0.15) is 33.1 Å². The Bertz CT molecular complexity index is 1250. The Balaban J connectivity index is 1.78. The Labute approximate surface area is 195 Å². The number of likely N-dealkylation sites (tertiary alicyclic amines) is 1. The van der Waals surface area contributed by atoms with Gasteiger partial charge in [0.05, 0.1) is 24.3 Å². The van der Waals surface area contributed by atoms with Crippen molar-refractivity contribution in [3.05, 3.63) is 113 Å². The van der Waals surface area contributed by atoms with Gasteiger partial charge in [0.15, 0.2) is 0 Å². The third-order valence-electron chi connectivity index (χ3n) is 5.79. The highest BCUT2D eigenvalue weighted by Crippen LogP contribution is 2.39. The van der Waals surface area contributed by atoms with Crippen molar-refractivity contribution in [1.82, 2.24) is 4.90 Å². The van der Waals surface area contributed by atoms with Crippen LogP contribution < -0.4 is 0 Å². The maximum absolute atomic E-state index is 13.4. The fraction of sp³-hybridized carbons (Fsp3) is 0.148. The molecule has 0 radical (unpaired) electrons. The molecule has 0 bridgehead atoms. The summed E-state index contributed by atoms with van der Waals surface area (Å²) in [5, 5.41) is 11.0. The number of amides is 1. The number of hydrogen-bond acceptors (Lipinski definition) is 5. The predicted octanol–water partition coefficient (Wildman–Crippen LogP) is 4.28. The fourth-order valence-electron chi connectivity index (χ4n) is 4.03. The van der Waals surface area contributed by atoms with E-state index < -0.39 is 29.5 Å². The van der Waals surface area contributed by atoms with Crippen molar-refractivity contribution in [2.24, 2.45) is 0 Å². The van der Waals surface area contributed by atoms with E-state index in [-0.39, 0.29) is 23.4 Å². The lowest BCUT2D eigenvalue weighted by molar-refractivity contribution is -0.139. The summed E-state index contributed by atoms with van der Waals surface area (Å²) in [5.41, 5.74) is 1.98. The highest BCUT2D eigenvalue weighted by atomic mass is 19.1. The lowest BCUT2D eigenvalue weighted by atomic mass is 9.94. The van der Waals surface area contributed by atoms with Gasteiger partial charge in [0.2, 0.25) is 0 Å². The number of nitrogens with zero attached hydrogens (tertiary/aromatic N) is 1. The summed E-state index contributed by atoms with van der Waals surface area (Å²) >= 11 is 0. The fourth-order valence-corrected chi connectivity index (χ4v) is 4.03. The topological polar surface area (TPSA) is 83.9 Å². The highest BCUT2D eigenvalue weighted by Gasteiger charge is 2.45. The molecule has 1 atom stereocenters. The van der Waals surface area contributed by atoms with Gasteiger partial charge in [-0.05, 0) is 53.9 Å². The Morgan fingerprint density at radius 2 is 1.56 bits per heavy atom. The van der Waals surface area contributed by atoms with Gasteiger partial charge in [-0.2, -0.15) is 0 Å². The van der Waals surface area contributed by atoms with Crippen LogP contribution in [-0.2, 0) is 20.7 Å². The average Bonchev–Trinajstić information content (AvgIpc) is 3.12. The van der Waals surface area contributed by atoms with Crippen LogP contribution in [0.25, 0.3) is 5.76 Å². The van der Waals surface area contributed by atoms with E-state index in [1.165, 1.54) is 48.4 Å². The summed E-state index contributed by atoms with van der Waals surface area (Å²) in [6.45, 7) is 0.234. The van der Waals surface area contributed by atoms with Crippen LogP contribution in [0.5, 0.6) is 0 Å². The van der Waals surface area contributed by atoms with E-state index in [2.05, 4.69) is 0 Å². The molecule has 4 rings (SSSR count). The molecular weight excluding hydrogens is 437 g/mol. The van der Waals surface area contributed by atoms with Gasteiger partial charge in [-0.15, -0.1) is 0 Å². The SMILES string of the molecule is COC(=O)c1ccc(C2C(=C(O)c3ccc(F)cc3)C(=O)C(=O)N2CCc2ccccc2)cc1. The number of esters is 1. The molecule has 172 valence electrons.